The minimum atomic E-state index is -0.149. The quantitative estimate of drug-likeness (QED) is 0.823. The van der Waals surface area contributed by atoms with Gasteiger partial charge in [-0.05, 0) is 31.9 Å². The van der Waals surface area contributed by atoms with Crippen LogP contribution in [0.15, 0.2) is 36.8 Å². The zero-order chi connectivity index (χ0) is 19.2. The van der Waals surface area contributed by atoms with Crippen LogP contribution in [-0.2, 0) is 4.79 Å². The van der Waals surface area contributed by atoms with Crippen LogP contribution in [0, 0.1) is 13.8 Å². The molecular weight excluding hydrogens is 344 g/mol. The van der Waals surface area contributed by atoms with E-state index in [1.54, 1.807) is 9.80 Å². The number of hydrogen-bond donors (Lipinski definition) is 0. The molecule has 0 bridgehead atoms. The van der Waals surface area contributed by atoms with Gasteiger partial charge in [0.1, 0.15) is 11.4 Å². The monoisotopic (exact) mass is 368 g/mol. The fraction of sp³-hybridized carbons (Fsp3) is 0.400. The third kappa shape index (κ3) is 4.81. The lowest BCUT2D eigenvalue weighted by Gasteiger charge is -2.22. The lowest BCUT2D eigenvalue weighted by molar-refractivity contribution is -0.133. The Morgan fingerprint density at radius 2 is 1.85 bits per heavy atom. The molecular formula is C20H24N4O3. The summed E-state index contributed by atoms with van der Waals surface area (Å²) in [5.74, 6) is 0.510. The van der Waals surface area contributed by atoms with Crippen molar-refractivity contribution < 1.29 is 14.3 Å². The van der Waals surface area contributed by atoms with E-state index in [-0.39, 0.29) is 18.4 Å². The van der Waals surface area contributed by atoms with Gasteiger partial charge in [0, 0.05) is 38.6 Å². The van der Waals surface area contributed by atoms with Crippen molar-refractivity contribution in [1.29, 1.82) is 0 Å². The molecule has 1 aliphatic heterocycles. The Morgan fingerprint density at radius 3 is 2.59 bits per heavy atom. The number of amides is 2. The van der Waals surface area contributed by atoms with E-state index in [1.807, 2.05) is 32.0 Å². The van der Waals surface area contributed by atoms with Crippen LogP contribution < -0.4 is 4.74 Å². The first-order chi connectivity index (χ1) is 13.0. The molecule has 27 heavy (non-hydrogen) atoms. The summed E-state index contributed by atoms with van der Waals surface area (Å²) < 4.78 is 5.70. The molecule has 142 valence electrons. The third-order valence-electron chi connectivity index (χ3n) is 4.60. The fourth-order valence-corrected chi connectivity index (χ4v) is 3.13. The highest BCUT2D eigenvalue weighted by Crippen LogP contribution is 2.18. The minimum absolute atomic E-state index is 0.00199. The largest absolute Gasteiger partial charge is 0.484 e. The summed E-state index contributed by atoms with van der Waals surface area (Å²) in [7, 11) is 0. The summed E-state index contributed by atoms with van der Waals surface area (Å²) >= 11 is 0. The number of ether oxygens (including phenoxy) is 1. The van der Waals surface area contributed by atoms with Crippen LogP contribution >= 0.6 is 0 Å². The van der Waals surface area contributed by atoms with Crippen molar-refractivity contribution in [3.63, 3.8) is 0 Å². The summed E-state index contributed by atoms with van der Waals surface area (Å²) in [5.41, 5.74) is 2.50. The van der Waals surface area contributed by atoms with Gasteiger partial charge in [-0.2, -0.15) is 0 Å². The number of carbonyl (C=O) groups excluding carboxylic acids is 2. The normalized spacial score (nSPS) is 14.6. The Labute approximate surface area is 159 Å². The van der Waals surface area contributed by atoms with E-state index in [0.717, 1.165) is 23.3 Å². The first-order valence-corrected chi connectivity index (χ1v) is 9.07. The standard InChI is InChI=1S/C20H24N4O3/c1-15-4-5-18(16(2)12-15)27-14-19(25)23-8-3-9-24(11-10-23)20(26)17-13-21-6-7-22-17/h4-7,12-13H,3,8-11,14H2,1-2H3. The van der Waals surface area contributed by atoms with E-state index in [1.165, 1.54) is 18.6 Å². The van der Waals surface area contributed by atoms with Crippen molar-refractivity contribution in [3.05, 3.63) is 53.6 Å². The van der Waals surface area contributed by atoms with E-state index in [0.29, 0.717) is 31.9 Å². The molecule has 1 fully saturated rings. The molecule has 0 N–H and O–H groups in total. The van der Waals surface area contributed by atoms with Gasteiger partial charge in [-0.3, -0.25) is 14.6 Å². The van der Waals surface area contributed by atoms with E-state index >= 15 is 0 Å². The van der Waals surface area contributed by atoms with Crippen molar-refractivity contribution in [2.24, 2.45) is 0 Å². The van der Waals surface area contributed by atoms with Crippen molar-refractivity contribution in [3.8, 4) is 5.75 Å². The van der Waals surface area contributed by atoms with Gasteiger partial charge in [0.2, 0.25) is 0 Å². The van der Waals surface area contributed by atoms with Crippen LogP contribution in [0.3, 0.4) is 0 Å². The number of nitrogens with zero attached hydrogens (tertiary/aromatic N) is 4. The van der Waals surface area contributed by atoms with Crippen molar-refractivity contribution >= 4 is 11.8 Å². The Morgan fingerprint density at radius 1 is 1.07 bits per heavy atom. The fourth-order valence-electron chi connectivity index (χ4n) is 3.13. The van der Waals surface area contributed by atoms with Gasteiger partial charge in [0.05, 0.1) is 6.20 Å². The third-order valence-corrected chi connectivity index (χ3v) is 4.60. The molecule has 0 unspecified atom stereocenters. The lowest BCUT2D eigenvalue weighted by Crippen LogP contribution is -2.39. The average Bonchev–Trinajstić information content (AvgIpc) is 2.93. The van der Waals surface area contributed by atoms with E-state index < -0.39 is 0 Å². The van der Waals surface area contributed by atoms with Crippen molar-refractivity contribution in [1.82, 2.24) is 19.8 Å². The molecule has 1 saturated heterocycles. The molecule has 0 spiro atoms. The highest BCUT2D eigenvalue weighted by atomic mass is 16.5. The predicted molar refractivity (Wildman–Crippen MR) is 101 cm³/mol. The minimum Gasteiger partial charge on any atom is -0.484 e. The summed E-state index contributed by atoms with van der Waals surface area (Å²) in [6.45, 7) is 6.16. The smallest absolute Gasteiger partial charge is 0.274 e. The van der Waals surface area contributed by atoms with Crippen LogP contribution in [0.25, 0.3) is 0 Å². The summed E-state index contributed by atoms with van der Waals surface area (Å²) in [4.78, 5) is 36.5. The zero-order valence-corrected chi connectivity index (χ0v) is 15.7. The lowest BCUT2D eigenvalue weighted by atomic mass is 10.1. The van der Waals surface area contributed by atoms with Gasteiger partial charge in [0.15, 0.2) is 6.61 Å². The van der Waals surface area contributed by atoms with Crippen LogP contribution in [0.1, 0.15) is 28.0 Å². The highest BCUT2D eigenvalue weighted by molar-refractivity contribution is 5.92. The summed E-state index contributed by atoms with van der Waals surface area (Å²) in [6.07, 6.45) is 5.23. The molecule has 2 aromatic rings. The van der Waals surface area contributed by atoms with Gasteiger partial charge in [-0.15, -0.1) is 0 Å². The number of carbonyl (C=O) groups is 2. The second-order valence-corrected chi connectivity index (χ2v) is 6.67. The van der Waals surface area contributed by atoms with Gasteiger partial charge in [-0.25, -0.2) is 4.98 Å². The van der Waals surface area contributed by atoms with Crippen LogP contribution in [0.2, 0.25) is 0 Å². The molecule has 1 aliphatic rings. The molecule has 0 saturated carbocycles. The number of aromatic nitrogens is 2. The van der Waals surface area contributed by atoms with Crippen LogP contribution in [-0.4, -0.2) is 64.4 Å². The molecule has 1 aromatic carbocycles. The van der Waals surface area contributed by atoms with Crippen molar-refractivity contribution in [2.75, 3.05) is 32.8 Å². The van der Waals surface area contributed by atoms with Gasteiger partial charge < -0.3 is 14.5 Å². The second kappa shape index (κ2) is 8.62. The maximum atomic E-state index is 12.5. The SMILES string of the molecule is Cc1ccc(OCC(=O)N2CCCN(C(=O)c3cnccn3)CC2)c(C)c1. The first-order valence-electron chi connectivity index (χ1n) is 9.07. The van der Waals surface area contributed by atoms with Crippen LogP contribution in [0.5, 0.6) is 5.75 Å². The predicted octanol–water partition coefficient (Wildman–Crippen LogP) is 1.85. The number of rotatable bonds is 4. The zero-order valence-electron chi connectivity index (χ0n) is 15.7. The summed E-state index contributed by atoms with van der Waals surface area (Å²) in [5, 5.41) is 0. The van der Waals surface area contributed by atoms with E-state index in [4.69, 9.17) is 4.74 Å². The molecule has 0 aliphatic carbocycles. The molecule has 7 heteroatoms. The second-order valence-electron chi connectivity index (χ2n) is 6.67. The van der Waals surface area contributed by atoms with E-state index in [2.05, 4.69) is 9.97 Å². The Kier molecular flexibility index (Phi) is 6.01. The number of benzene rings is 1. The topological polar surface area (TPSA) is 75.6 Å². The molecule has 2 heterocycles. The molecule has 7 nitrogen and oxygen atoms in total. The van der Waals surface area contributed by atoms with Gasteiger partial charge in [0.25, 0.3) is 11.8 Å². The Balaban J connectivity index is 1.54. The van der Waals surface area contributed by atoms with Gasteiger partial charge in [-0.1, -0.05) is 17.7 Å². The number of hydrogen-bond acceptors (Lipinski definition) is 5. The first kappa shape index (κ1) is 18.8. The molecule has 0 radical (unpaired) electrons. The molecule has 3 rings (SSSR count). The maximum absolute atomic E-state index is 12.5. The van der Waals surface area contributed by atoms with E-state index in [9.17, 15) is 9.59 Å². The Hall–Kier alpha value is -2.96. The Bertz CT molecular complexity index is 810. The highest BCUT2D eigenvalue weighted by Gasteiger charge is 2.23. The summed E-state index contributed by atoms with van der Waals surface area (Å²) in [6, 6.07) is 5.89. The average molecular weight is 368 g/mol. The van der Waals surface area contributed by atoms with Crippen molar-refractivity contribution in [2.45, 2.75) is 20.3 Å². The molecule has 1 aromatic heterocycles. The maximum Gasteiger partial charge on any atom is 0.274 e. The van der Waals surface area contributed by atoms with Crippen LogP contribution in [0.4, 0.5) is 0 Å². The molecule has 0 atom stereocenters. The van der Waals surface area contributed by atoms with Gasteiger partial charge >= 0.3 is 0 Å². The molecule has 2 amide bonds. The number of aryl methyl sites for hydroxylation is 2.